The summed E-state index contributed by atoms with van der Waals surface area (Å²) < 4.78 is 436. The van der Waals surface area contributed by atoms with Crippen LogP contribution < -0.4 is 0 Å². The molecule has 0 aliphatic carbocycles. The van der Waals surface area contributed by atoms with Crippen LogP contribution in [0.5, 0.6) is 0 Å². The van der Waals surface area contributed by atoms with Crippen LogP contribution >= 0.6 is 0 Å². The van der Waals surface area contributed by atoms with Crippen molar-refractivity contribution in [3.8, 4) is 55.6 Å². The highest BCUT2D eigenvalue weighted by Crippen LogP contribution is 2.47. The third-order valence-electron chi connectivity index (χ3n) is 12.9. The summed E-state index contributed by atoms with van der Waals surface area (Å²) in [6.07, 6.45) is 0. The minimum absolute atomic E-state index is 0.329. The Balaban J connectivity index is 0.000000190. The number of hydrogen-bond donors (Lipinski definition) is 0. The predicted molar refractivity (Wildman–Crippen MR) is 340 cm³/mol. The van der Waals surface area contributed by atoms with Crippen LogP contribution in [-0.2, 0) is 0 Å². The van der Waals surface area contributed by atoms with Gasteiger partial charge in [-0.1, -0.05) is 242 Å². The van der Waals surface area contributed by atoms with Crippen LogP contribution in [0.1, 0.15) is 65.8 Å². The molecule has 2 nitrogen and oxygen atoms in total. The molecule has 17 rings (SSSR count). The van der Waals surface area contributed by atoms with Gasteiger partial charge in [0.25, 0.3) is 0 Å². The van der Waals surface area contributed by atoms with Crippen molar-refractivity contribution in [3.05, 3.63) is 290 Å². The number of rotatable bonds is 5. The van der Waals surface area contributed by atoms with E-state index in [0.29, 0.717) is 0 Å². The Bertz CT molecular complexity index is 8080. The van der Waals surface area contributed by atoms with E-state index in [-0.39, 0.29) is 16.2 Å². The summed E-state index contributed by atoms with van der Waals surface area (Å²) in [4.78, 5) is 0. The van der Waals surface area contributed by atoms with Crippen LogP contribution in [0.25, 0.3) is 164 Å². The lowest BCUT2D eigenvalue weighted by Gasteiger charge is -2.18. The molecule has 0 spiro atoms. The molecular formula is C78H48O2. The molecule has 0 N–H and O–H groups in total. The molecule has 0 aliphatic rings. The summed E-state index contributed by atoms with van der Waals surface area (Å²) in [5.41, 5.74) is -9.22. The molecule has 372 valence electrons. The smallest absolute Gasteiger partial charge is 0.136 e. The number of benzene rings is 15. The van der Waals surface area contributed by atoms with Crippen LogP contribution in [-0.4, -0.2) is 0 Å². The highest BCUT2D eigenvalue weighted by atomic mass is 16.3. The van der Waals surface area contributed by atoms with Gasteiger partial charge in [-0.15, -0.1) is 0 Å². The number of hydrogen-bond acceptors (Lipinski definition) is 2. The van der Waals surface area contributed by atoms with Gasteiger partial charge in [-0.05, 0) is 169 Å². The quantitative estimate of drug-likeness (QED) is 0.161. The molecule has 0 amide bonds. The minimum atomic E-state index is -1.07. The summed E-state index contributed by atoms with van der Waals surface area (Å²) in [5, 5.41) is -8.97. The zero-order chi connectivity index (χ0) is 94.4. The SMILES string of the molecule is [2H]c1c([2H])c(-c2c3c([2H])c([2H])c([2H])c([2H])c3c(-c3c([2H])c([2H])c4c(oc5c([2H])c([2H])c([2H])c([2H])c54)c3[2H])c3c([2H])c([2H])c([2H])c([2H])c23)c([2H])c([2H])c1-c1c([2H])c([2H])c2c([2H])c([2H])c([2H])c([2H])c2c1[2H].[2H]c1c([2H])c([2H])c2c(oc3c([2H])c(-c4c5c([2H])c([2H])c([2H])c([2H])c5c(-c5c([2H])c([2H])c6c([2H])c([2H])c([2H])c([2H])c6c5[2H])c5c([2H])c([2H])c([2H])c([2H])c45)c([2H])c([2H])c32)c1[2H]. The molecule has 17 aromatic rings. The van der Waals surface area contributed by atoms with Crippen LogP contribution in [0.2, 0.25) is 0 Å². The number of furan rings is 2. The van der Waals surface area contributed by atoms with Crippen molar-refractivity contribution < 1.29 is 74.6 Å². The average molecular weight is 1070 g/mol. The molecule has 0 bridgehead atoms. The van der Waals surface area contributed by atoms with Gasteiger partial charge in [0.05, 0.1) is 65.8 Å². The third-order valence-corrected chi connectivity index (χ3v) is 12.9. The summed E-state index contributed by atoms with van der Waals surface area (Å²) in [6.45, 7) is 0. The molecule has 2 heteroatoms. The highest BCUT2D eigenvalue weighted by molar-refractivity contribution is 6.24. The molecule has 2 aromatic heterocycles. The van der Waals surface area contributed by atoms with Crippen molar-refractivity contribution in [2.45, 2.75) is 0 Å². The molecule has 0 radical (unpaired) electrons. The first-order valence-electron chi connectivity index (χ1n) is 47.6. The first kappa shape index (κ1) is 18.6. The standard InChI is InChI=1S/C42H26O.C36H22O/c1-2-10-30-25-31(22-19-27(30)9-1)28-17-20-29(21-18-28)41-35-12-3-5-14-37(35)42(38-15-6-4-13-36(38)41)32-23-24-34-33-11-7-8-16-39(33)43-40(34)26-32;1-2-10-24-21-25(18-17-23(24)9-1)35-29-12-3-5-14-31(29)36(32-15-6-4-13-30(32)35)26-19-20-28-27-11-7-8-16-33(27)37-34(28)22-26/h1-26H;1-22H/i1D,2D,3D,4D,5D,6D,7D,8D,9D,10D,11D,12D,13D,14D,15D,16D,17D,18D,19D,20D,21D,22D,23D,24D,25D,26D;1D,2D,3D,4D,5D,6D,7D,8D,9D,10D,11D,12D,13D,14D,15D,16D,17D,18D,19D,20D,21D,22D. The summed E-state index contributed by atoms with van der Waals surface area (Å²) >= 11 is 0. The first-order chi connectivity index (χ1) is 59.7. The zero-order valence-electron chi connectivity index (χ0n) is 87.8. The van der Waals surface area contributed by atoms with Crippen LogP contribution in [0.3, 0.4) is 0 Å². The Kier molecular flexibility index (Phi) is 4.31. The van der Waals surface area contributed by atoms with Gasteiger partial charge < -0.3 is 8.83 Å². The van der Waals surface area contributed by atoms with Gasteiger partial charge in [0, 0.05) is 21.5 Å². The van der Waals surface area contributed by atoms with Gasteiger partial charge in [-0.25, -0.2) is 0 Å². The Morgan fingerprint density at radius 2 is 0.438 bits per heavy atom. The molecule has 0 atom stereocenters. The molecule has 0 saturated heterocycles. The molecule has 0 fully saturated rings. The second-order valence-corrected chi connectivity index (χ2v) is 17.3. The second kappa shape index (κ2) is 18.6. The molecule has 15 aromatic carbocycles. The van der Waals surface area contributed by atoms with Crippen LogP contribution in [0, 0.1) is 0 Å². The zero-order valence-corrected chi connectivity index (χ0v) is 39.8. The van der Waals surface area contributed by atoms with Crippen molar-refractivity contribution >= 4 is 109 Å². The predicted octanol–water partition coefficient (Wildman–Crippen LogP) is 22.4. The Hall–Kier alpha value is -10.5. The molecule has 0 saturated carbocycles. The summed E-state index contributed by atoms with van der Waals surface area (Å²) in [6, 6.07) is -41.2. The Labute approximate surface area is 529 Å². The van der Waals surface area contributed by atoms with E-state index in [0.717, 1.165) is 0 Å². The maximum atomic E-state index is 9.49. The molecule has 0 aliphatic heterocycles. The lowest BCUT2D eigenvalue weighted by Crippen LogP contribution is -1.91. The summed E-state index contributed by atoms with van der Waals surface area (Å²) in [7, 11) is 0. The first-order valence-corrected chi connectivity index (χ1v) is 23.6. The van der Waals surface area contributed by atoms with Crippen molar-refractivity contribution in [2.24, 2.45) is 0 Å². The van der Waals surface area contributed by atoms with Gasteiger partial charge in [0.2, 0.25) is 0 Å². The Morgan fingerprint density at radius 3 is 0.850 bits per heavy atom. The van der Waals surface area contributed by atoms with Crippen molar-refractivity contribution in [1.82, 2.24) is 0 Å². The van der Waals surface area contributed by atoms with Crippen molar-refractivity contribution in [1.29, 1.82) is 0 Å². The second-order valence-electron chi connectivity index (χ2n) is 17.3. The molecule has 0 unspecified atom stereocenters. The average Bonchev–Trinajstić information content (AvgIpc) is 0.944. The van der Waals surface area contributed by atoms with Crippen LogP contribution in [0.15, 0.2) is 299 Å². The lowest BCUT2D eigenvalue weighted by molar-refractivity contribution is 0.668. The highest BCUT2D eigenvalue weighted by Gasteiger charge is 2.20. The summed E-state index contributed by atoms with van der Waals surface area (Å²) in [5.74, 6) is 0. The third kappa shape index (κ3) is 7.49. The topological polar surface area (TPSA) is 26.3 Å². The van der Waals surface area contributed by atoms with E-state index in [1.807, 2.05) is 0 Å². The lowest BCUT2D eigenvalue weighted by atomic mass is 9.85. The van der Waals surface area contributed by atoms with Gasteiger partial charge in [-0.2, -0.15) is 0 Å². The monoisotopic (exact) mass is 1060 g/mol. The number of fused-ring (bicyclic) bond motifs is 12. The van der Waals surface area contributed by atoms with E-state index in [9.17, 15) is 24.7 Å². The van der Waals surface area contributed by atoms with Crippen molar-refractivity contribution in [3.63, 3.8) is 0 Å². The van der Waals surface area contributed by atoms with E-state index >= 15 is 0 Å². The van der Waals surface area contributed by atoms with Gasteiger partial charge >= 0.3 is 0 Å². The fourth-order valence-corrected chi connectivity index (χ4v) is 9.47. The number of para-hydroxylation sites is 2. The van der Waals surface area contributed by atoms with E-state index in [1.54, 1.807) is 0 Å². The molecule has 80 heavy (non-hydrogen) atoms. The molecule has 2 heterocycles. The maximum absolute atomic E-state index is 9.49. The van der Waals surface area contributed by atoms with E-state index < -0.39 is 438 Å². The van der Waals surface area contributed by atoms with Gasteiger partial charge in [-0.3, -0.25) is 0 Å². The minimum Gasteiger partial charge on any atom is -0.456 e. The fraction of sp³-hybridized carbons (Fsp3) is 0. The van der Waals surface area contributed by atoms with Crippen molar-refractivity contribution in [2.75, 3.05) is 0 Å². The van der Waals surface area contributed by atoms with E-state index in [1.165, 1.54) is 0 Å². The fourth-order valence-electron chi connectivity index (χ4n) is 9.47. The largest absolute Gasteiger partial charge is 0.456 e. The maximum Gasteiger partial charge on any atom is 0.136 e. The normalized spacial score (nSPS) is 20.1. The van der Waals surface area contributed by atoms with E-state index in [4.69, 9.17) is 50.0 Å². The van der Waals surface area contributed by atoms with Gasteiger partial charge in [0.15, 0.2) is 0 Å². The Morgan fingerprint density at radius 1 is 0.175 bits per heavy atom. The van der Waals surface area contributed by atoms with E-state index in [2.05, 4.69) is 0 Å². The molecular weight excluding hydrogens is 969 g/mol. The van der Waals surface area contributed by atoms with Gasteiger partial charge in [0.1, 0.15) is 22.3 Å². The van der Waals surface area contributed by atoms with Crippen LogP contribution in [0.4, 0.5) is 0 Å².